The Labute approximate surface area is 599 Å². The highest BCUT2D eigenvalue weighted by molar-refractivity contribution is 7.13. The number of carbonyl (C=O) groups excluding carboxylic acids is 6. The van der Waals surface area contributed by atoms with E-state index in [1.54, 1.807) is 31.2 Å². The van der Waals surface area contributed by atoms with E-state index in [9.17, 15) is 38.3 Å². The number of thiazole rings is 1. The Morgan fingerprint density at radius 1 is 0.804 bits per heavy atom. The van der Waals surface area contributed by atoms with E-state index in [2.05, 4.69) is 93.4 Å². The summed E-state index contributed by atoms with van der Waals surface area (Å²) >= 11 is 1.47. The number of aryl methyl sites for hydroxylation is 1. The van der Waals surface area contributed by atoms with E-state index in [4.69, 9.17) is 4.74 Å². The molecular weight excluding hydrogens is 1330 g/mol. The Balaban J connectivity index is 0.541. The van der Waals surface area contributed by atoms with Gasteiger partial charge in [0.1, 0.15) is 47.4 Å². The van der Waals surface area contributed by atoms with Crippen LogP contribution in [0.4, 0.5) is 30.5 Å². The molecule has 12 rings (SSSR count). The van der Waals surface area contributed by atoms with Crippen LogP contribution in [0.2, 0.25) is 0 Å². The molecule has 23 nitrogen and oxygen atoms in total. The zero-order valence-electron chi connectivity index (χ0n) is 59.9. The molecule has 6 amide bonds. The fourth-order valence-electron chi connectivity index (χ4n) is 15.5. The number of β-amino-alcohol motifs (C(OH)–C–C–N with tert-alkyl or cyclic N) is 1. The van der Waals surface area contributed by atoms with Gasteiger partial charge in [-0.3, -0.25) is 33.7 Å². The number of fused-ring (bicyclic) bond motifs is 1. The molecule has 550 valence electrons. The van der Waals surface area contributed by atoms with Gasteiger partial charge in [-0.25, -0.2) is 28.1 Å². The van der Waals surface area contributed by atoms with E-state index in [0.29, 0.717) is 119 Å². The monoisotopic (exact) mass is 1430 g/mol. The van der Waals surface area contributed by atoms with Crippen LogP contribution >= 0.6 is 11.3 Å². The molecule has 5 aliphatic heterocycles. The molecule has 2 aliphatic carbocycles. The Hall–Kier alpha value is -7.98. The molecule has 27 heteroatoms. The van der Waals surface area contributed by atoms with Crippen LogP contribution in [0, 0.1) is 41.2 Å². The van der Waals surface area contributed by atoms with Crippen molar-refractivity contribution < 1.29 is 51.8 Å². The molecule has 0 unspecified atom stereocenters. The lowest BCUT2D eigenvalue weighted by Crippen LogP contribution is -2.66. The number of nitrogens with one attached hydrogen (secondary N) is 6. The number of alkyl halides is 1. The van der Waals surface area contributed by atoms with Gasteiger partial charge in [0, 0.05) is 127 Å². The Morgan fingerprint density at radius 3 is 2.25 bits per heavy atom. The van der Waals surface area contributed by atoms with Gasteiger partial charge in [-0.1, -0.05) is 71.0 Å². The summed E-state index contributed by atoms with van der Waals surface area (Å²) < 4.78 is 52.4. The highest BCUT2D eigenvalue weighted by atomic mass is 32.1. The van der Waals surface area contributed by atoms with Crippen molar-refractivity contribution in [2.75, 3.05) is 107 Å². The van der Waals surface area contributed by atoms with Crippen LogP contribution in [0.5, 0.6) is 5.75 Å². The summed E-state index contributed by atoms with van der Waals surface area (Å²) in [6.07, 6.45) is 6.38. The number of nitrogens with zero attached hydrogens (tertiary/aromatic N) is 9. The first-order valence-electron chi connectivity index (χ1n) is 36.2. The Bertz CT molecular complexity index is 3860. The third-order valence-electron chi connectivity index (χ3n) is 22.0. The fourth-order valence-corrected chi connectivity index (χ4v) is 16.3. The molecular formula is C75H100F3N15O8S. The number of likely N-dealkylation sites (N-methyl/N-ethyl adjacent to an activating group) is 1. The van der Waals surface area contributed by atoms with E-state index in [1.807, 2.05) is 49.4 Å². The van der Waals surface area contributed by atoms with Crippen molar-refractivity contribution in [3.63, 3.8) is 0 Å². The van der Waals surface area contributed by atoms with Gasteiger partial charge in [-0.15, -0.1) is 11.3 Å². The van der Waals surface area contributed by atoms with Crippen LogP contribution in [0.1, 0.15) is 127 Å². The number of likely N-dealkylation sites (tertiary alicyclic amines) is 3. The maximum Gasteiger partial charge on any atom is 0.258 e. The van der Waals surface area contributed by atoms with Crippen LogP contribution in [0.15, 0.2) is 72.5 Å². The van der Waals surface area contributed by atoms with E-state index in [1.165, 1.54) is 34.7 Å². The molecule has 6 atom stereocenters. The number of benzene rings is 3. The number of aliphatic hydroxyl groups is 1. The first kappa shape index (κ1) is 73.8. The number of rotatable bonds is 26. The SMILES string of the molecule is Cc1ncsc1-c1ccc(CNC(=O)[C@@H]2C[C@@H](O)CN2C(=O)[C@@H](NC(=O)C2(F)CC2)C(C)(C)C)c(OCC(=O)NCCN(C)[C@@H]2C[C@@H]3CN(CCC(=O)NCc4cccc(CNc5cc(N6CCC7(CC6)CN(c6cc(F)c(CN8CCC(C)(C)CC8)cc6F)CC(=O)N7)ncn5)c4)C[C@@H]3C2)c1. The minimum atomic E-state index is -2.00. The number of piperazine rings is 1. The third-order valence-corrected chi connectivity index (χ3v) is 23.0. The Morgan fingerprint density at radius 2 is 1.54 bits per heavy atom. The normalized spacial score (nSPS) is 22.6. The highest BCUT2D eigenvalue weighted by Crippen LogP contribution is 2.42. The lowest BCUT2D eigenvalue weighted by atomic mass is 9.82. The molecule has 0 bridgehead atoms. The van der Waals surface area contributed by atoms with Crippen molar-refractivity contribution in [1.29, 1.82) is 0 Å². The molecule has 2 aromatic heterocycles. The lowest BCUT2D eigenvalue weighted by Gasteiger charge is -2.48. The standard InChI is InChI=1S/C75H100F3N15O8S/c1-47-67(102-46-85-47)50-11-12-51(37-82-69(98)60-32-56(94)41-93(60)70(99)68(72(2,3)4)86-71(100)75(78)14-15-75)61(31-50)101-43-66(97)79-20-26-88(7)55-28-52-38-90(39-53(52)29-55)21-13-64(95)81-36-49-10-8-9-48(27-49)35-80-62-34-63(84-45-83-62)91-24-18-74(19-25-91)44-92(42-65(96)87-74)59-33-57(76)54(30-58(59)77)40-89-22-16-73(5,6)17-23-89/h8-12,27,30-31,33-34,45-46,52-53,55-56,60,68,94H,13-26,28-29,32,35-44H2,1-7H3,(H,79,97)(H,81,95)(H,82,98)(H,86,100)(H,87,96)(H,80,83,84)/t52-,53+,55-,56-,60+,68-/m1/s1. The predicted octanol–water partition coefficient (Wildman–Crippen LogP) is 6.85. The number of piperidine rings is 2. The van der Waals surface area contributed by atoms with Crippen LogP contribution in [-0.2, 0) is 54.9 Å². The lowest BCUT2D eigenvalue weighted by molar-refractivity contribution is -0.145. The van der Waals surface area contributed by atoms with Gasteiger partial charge < -0.3 is 66.2 Å². The summed E-state index contributed by atoms with van der Waals surface area (Å²) in [5.74, 6) is -0.609. The zero-order valence-corrected chi connectivity index (χ0v) is 60.7. The molecule has 7 heterocycles. The van der Waals surface area contributed by atoms with Gasteiger partial charge in [0.15, 0.2) is 12.3 Å². The van der Waals surface area contributed by atoms with E-state index >= 15 is 8.78 Å². The molecule has 5 aromatic rings. The van der Waals surface area contributed by atoms with Crippen LogP contribution in [0.25, 0.3) is 10.4 Å². The number of aromatic nitrogens is 3. The minimum Gasteiger partial charge on any atom is -0.483 e. The van der Waals surface area contributed by atoms with E-state index < -0.39 is 64.2 Å². The topological polar surface area (TPSA) is 262 Å². The summed E-state index contributed by atoms with van der Waals surface area (Å²) in [6.45, 7) is 19.3. The number of halogens is 3. The molecule has 7 aliphatic rings. The number of hydrogen-bond donors (Lipinski definition) is 7. The van der Waals surface area contributed by atoms with Gasteiger partial charge in [0.25, 0.3) is 11.8 Å². The maximum absolute atomic E-state index is 15.8. The average Bonchev–Trinajstić information content (AvgIpc) is 1.16. The van der Waals surface area contributed by atoms with Gasteiger partial charge in [0.2, 0.25) is 23.6 Å². The van der Waals surface area contributed by atoms with Crippen molar-refractivity contribution in [3.8, 4) is 16.2 Å². The van der Waals surface area contributed by atoms with Crippen molar-refractivity contribution >= 4 is 64.1 Å². The molecule has 3 aromatic carbocycles. The summed E-state index contributed by atoms with van der Waals surface area (Å²) in [6, 6.07) is 16.3. The van der Waals surface area contributed by atoms with Gasteiger partial charge >= 0.3 is 0 Å². The first-order valence-corrected chi connectivity index (χ1v) is 37.1. The molecule has 1 spiro atoms. The number of ether oxygens (including phenoxy) is 1. The summed E-state index contributed by atoms with van der Waals surface area (Å²) in [5, 5.41) is 29.0. The summed E-state index contributed by atoms with van der Waals surface area (Å²) in [5.41, 5.74) is 3.27. The van der Waals surface area contributed by atoms with Crippen molar-refractivity contribution in [1.82, 2.24) is 61.1 Å². The smallest absolute Gasteiger partial charge is 0.258 e. The van der Waals surface area contributed by atoms with Crippen molar-refractivity contribution in [3.05, 3.63) is 112 Å². The molecule has 0 radical (unpaired) electrons. The maximum atomic E-state index is 15.8. The largest absolute Gasteiger partial charge is 0.483 e. The predicted molar refractivity (Wildman–Crippen MR) is 384 cm³/mol. The second kappa shape index (κ2) is 31.1. The molecule has 5 saturated heterocycles. The van der Waals surface area contributed by atoms with Crippen molar-refractivity contribution in [2.24, 2.45) is 22.7 Å². The van der Waals surface area contributed by atoms with E-state index in [-0.39, 0.29) is 74.3 Å². The quantitative estimate of drug-likeness (QED) is 0.0299. The van der Waals surface area contributed by atoms with Crippen LogP contribution in [0.3, 0.4) is 0 Å². The van der Waals surface area contributed by atoms with Crippen molar-refractivity contribution in [2.45, 2.75) is 167 Å². The van der Waals surface area contributed by atoms with Gasteiger partial charge in [-0.2, -0.15) is 0 Å². The minimum absolute atomic E-state index is 0.000248. The van der Waals surface area contributed by atoms with Gasteiger partial charge in [-0.05, 0) is 130 Å². The highest BCUT2D eigenvalue weighted by Gasteiger charge is 2.54. The molecule has 102 heavy (non-hydrogen) atoms. The molecule has 7 fully saturated rings. The third kappa shape index (κ3) is 18.1. The van der Waals surface area contributed by atoms with Gasteiger partial charge in [0.05, 0.1) is 40.0 Å². The Kier molecular flexibility index (Phi) is 22.5. The average molecular weight is 1430 g/mol. The number of hydrogen-bond acceptors (Lipinski definition) is 18. The summed E-state index contributed by atoms with van der Waals surface area (Å²) in [4.78, 5) is 107. The number of carbonyl (C=O) groups is 6. The first-order chi connectivity index (χ1) is 48.6. The second-order valence-electron chi connectivity index (χ2n) is 31.4. The molecule has 2 saturated carbocycles. The summed E-state index contributed by atoms with van der Waals surface area (Å²) in [7, 11) is 2.09. The molecule has 7 N–H and O–H groups in total. The van der Waals surface area contributed by atoms with E-state index in [0.717, 1.165) is 84.9 Å². The van der Waals surface area contributed by atoms with Crippen LogP contribution < -0.4 is 46.4 Å². The second-order valence-corrected chi connectivity index (χ2v) is 32.3. The fraction of sp³-hybridized carbons (Fsp3) is 0.587. The zero-order chi connectivity index (χ0) is 72.3. The number of aliphatic hydroxyl groups excluding tert-OH is 1. The number of anilines is 3. The van der Waals surface area contributed by atoms with Crippen LogP contribution in [-0.4, -0.2) is 203 Å². The number of amides is 6.